The van der Waals surface area contributed by atoms with Crippen LogP contribution in [0.1, 0.15) is 45.1 Å². The number of ether oxygens (including phenoxy) is 1. The molecule has 0 fully saturated rings. The van der Waals surface area contributed by atoms with Crippen LogP contribution in [0.3, 0.4) is 0 Å². The fraction of sp³-hybridized carbons (Fsp3) is 0.500. The monoisotopic (exact) mass is 305 g/mol. The molecule has 0 aliphatic rings. The average molecular weight is 305 g/mol. The Morgan fingerprint density at radius 2 is 2.14 bits per heavy atom. The number of nitrogens with one attached hydrogen (secondary N) is 1. The third-order valence-corrected chi connectivity index (χ3v) is 3.38. The molecular formula is C18H27NO3. The predicted molar refractivity (Wildman–Crippen MR) is 89.0 cm³/mol. The molecule has 2 N–H and O–H groups in total. The number of methoxy groups -OCH3 is 1. The third kappa shape index (κ3) is 7.16. The Kier molecular flexibility index (Phi) is 8.11. The standard InChI is InChI=1S/C18H27NO3/c1-14(2)8-6-4-5-7-9-18(21)19-13-15-10-11-16(20)17(12-15)22-3/h7,9-12,14,20H,4-6,8,13H2,1-3H3,(H,19,21)/b9-7+. The van der Waals surface area contributed by atoms with Crippen molar-refractivity contribution >= 4 is 5.91 Å². The molecule has 0 bridgehead atoms. The van der Waals surface area contributed by atoms with Gasteiger partial charge < -0.3 is 15.2 Å². The molecule has 4 heteroatoms. The fourth-order valence-corrected chi connectivity index (χ4v) is 2.09. The van der Waals surface area contributed by atoms with Crippen LogP contribution in [0.5, 0.6) is 11.5 Å². The van der Waals surface area contributed by atoms with Gasteiger partial charge in [-0.2, -0.15) is 0 Å². The molecule has 0 aromatic heterocycles. The van der Waals surface area contributed by atoms with Gasteiger partial charge in [0, 0.05) is 6.54 Å². The van der Waals surface area contributed by atoms with Crippen LogP contribution in [0.25, 0.3) is 0 Å². The fourth-order valence-electron chi connectivity index (χ4n) is 2.09. The van der Waals surface area contributed by atoms with Gasteiger partial charge in [-0.1, -0.05) is 38.8 Å². The summed E-state index contributed by atoms with van der Waals surface area (Å²) < 4.78 is 5.03. The van der Waals surface area contributed by atoms with Crippen molar-refractivity contribution in [2.24, 2.45) is 5.92 Å². The van der Waals surface area contributed by atoms with Crippen molar-refractivity contribution in [3.8, 4) is 11.5 Å². The maximum Gasteiger partial charge on any atom is 0.243 e. The molecule has 0 radical (unpaired) electrons. The molecule has 0 spiro atoms. The van der Waals surface area contributed by atoms with E-state index in [9.17, 15) is 9.90 Å². The van der Waals surface area contributed by atoms with Crippen molar-refractivity contribution in [1.29, 1.82) is 0 Å². The van der Waals surface area contributed by atoms with Crippen LogP contribution < -0.4 is 10.1 Å². The smallest absolute Gasteiger partial charge is 0.243 e. The summed E-state index contributed by atoms with van der Waals surface area (Å²) in [4.78, 5) is 11.7. The van der Waals surface area contributed by atoms with E-state index in [0.29, 0.717) is 12.3 Å². The van der Waals surface area contributed by atoms with E-state index in [1.54, 1.807) is 24.3 Å². The van der Waals surface area contributed by atoms with E-state index >= 15 is 0 Å². The first-order chi connectivity index (χ1) is 10.5. The minimum atomic E-state index is -0.101. The van der Waals surface area contributed by atoms with Crippen LogP contribution >= 0.6 is 0 Å². The number of hydrogen-bond donors (Lipinski definition) is 2. The van der Waals surface area contributed by atoms with E-state index < -0.39 is 0 Å². The highest BCUT2D eigenvalue weighted by Gasteiger charge is 2.03. The van der Waals surface area contributed by atoms with E-state index in [1.165, 1.54) is 20.0 Å². The first-order valence-corrected chi connectivity index (χ1v) is 7.83. The van der Waals surface area contributed by atoms with Gasteiger partial charge in [0.15, 0.2) is 11.5 Å². The summed E-state index contributed by atoms with van der Waals surface area (Å²) in [6.45, 7) is 4.86. The molecule has 0 saturated carbocycles. The minimum Gasteiger partial charge on any atom is -0.504 e. The Labute approximate surface area is 133 Å². The molecule has 4 nitrogen and oxygen atoms in total. The average Bonchev–Trinajstić information content (AvgIpc) is 2.49. The maximum atomic E-state index is 11.7. The molecule has 0 unspecified atom stereocenters. The van der Waals surface area contributed by atoms with E-state index in [0.717, 1.165) is 24.3 Å². The second-order valence-electron chi connectivity index (χ2n) is 5.80. The first-order valence-electron chi connectivity index (χ1n) is 7.83. The highest BCUT2D eigenvalue weighted by molar-refractivity contribution is 5.87. The zero-order valence-corrected chi connectivity index (χ0v) is 13.8. The second kappa shape index (κ2) is 9.87. The number of phenolic OH excluding ortho intramolecular Hbond substituents is 1. The van der Waals surface area contributed by atoms with Gasteiger partial charge in [0.05, 0.1) is 7.11 Å². The van der Waals surface area contributed by atoms with Gasteiger partial charge in [0.2, 0.25) is 5.91 Å². The predicted octanol–water partition coefficient (Wildman–Crippen LogP) is 3.79. The molecule has 1 rings (SSSR count). The van der Waals surface area contributed by atoms with Crippen LogP contribution in [-0.2, 0) is 11.3 Å². The number of carbonyl (C=O) groups is 1. The van der Waals surface area contributed by atoms with Crippen molar-refractivity contribution in [1.82, 2.24) is 5.32 Å². The summed E-state index contributed by atoms with van der Waals surface area (Å²) in [5.74, 6) is 1.15. The summed E-state index contributed by atoms with van der Waals surface area (Å²) in [6.07, 6.45) is 8.02. The first kappa shape index (κ1) is 18.1. The lowest BCUT2D eigenvalue weighted by Crippen LogP contribution is -2.20. The molecule has 1 amide bonds. The summed E-state index contributed by atoms with van der Waals surface area (Å²) in [5.41, 5.74) is 0.883. The van der Waals surface area contributed by atoms with Gasteiger partial charge in [-0.25, -0.2) is 0 Å². The molecule has 1 aromatic rings. The van der Waals surface area contributed by atoms with Gasteiger partial charge in [0.1, 0.15) is 0 Å². The minimum absolute atomic E-state index is 0.0962. The topological polar surface area (TPSA) is 58.6 Å². The Morgan fingerprint density at radius 3 is 2.82 bits per heavy atom. The van der Waals surface area contributed by atoms with Crippen molar-refractivity contribution < 1.29 is 14.6 Å². The Bertz CT molecular complexity index is 495. The van der Waals surface area contributed by atoms with E-state index in [1.807, 2.05) is 6.08 Å². The van der Waals surface area contributed by atoms with Crippen LogP contribution in [0.4, 0.5) is 0 Å². The number of benzene rings is 1. The molecule has 122 valence electrons. The number of aromatic hydroxyl groups is 1. The number of unbranched alkanes of at least 4 members (excludes halogenated alkanes) is 2. The molecule has 1 aromatic carbocycles. The molecular weight excluding hydrogens is 278 g/mol. The van der Waals surface area contributed by atoms with Crippen molar-refractivity contribution in [3.63, 3.8) is 0 Å². The Morgan fingerprint density at radius 1 is 1.36 bits per heavy atom. The molecule has 22 heavy (non-hydrogen) atoms. The van der Waals surface area contributed by atoms with Crippen LogP contribution in [-0.4, -0.2) is 18.1 Å². The van der Waals surface area contributed by atoms with Crippen molar-refractivity contribution in [3.05, 3.63) is 35.9 Å². The Hall–Kier alpha value is -1.97. The highest BCUT2D eigenvalue weighted by Crippen LogP contribution is 2.26. The zero-order chi connectivity index (χ0) is 16.4. The summed E-state index contributed by atoms with van der Waals surface area (Å²) in [6, 6.07) is 5.03. The van der Waals surface area contributed by atoms with Crippen LogP contribution in [0.15, 0.2) is 30.4 Å². The van der Waals surface area contributed by atoms with E-state index in [-0.39, 0.29) is 11.7 Å². The molecule has 0 aliphatic carbocycles. The zero-order valence-electron chi connectivity index (χ0n) is 13.8. The van der Waals surface area contributed by atoms with Gasteiger partial charge in [-0.3, -0.25) is 4.79 Å². The molecule has 0 atom stereocenters. The molecule has 0 aliphatic heterocycles. The van der Waals surface area contributed by atoms with Gasteiger partial charge in [-0.15, -0.1) is 0 Å². The van der Waals surface area contributed by atoms with Crippen LogP contribution in [0, 0.1) is 5.92 Å². The SMILES string of the molecule is COc1cc(CNC(=O)/C=C/CCCCC(C)C)ccc1O. The number of amides is 1. The van der Waals surface area contributed by atoms with Gasteiger partial charge in [-0.05, 0) is 42.5 Å². The van der Waals surface area contributed by atoms with Crippen molar-refractivity contribution in [2.75, 3.05) is 7.11 Å². The number of carbonyl (C=O) groups excluding carboxylic acids is 1. The van der Waals surface area contributed by atoms with Crippen LogP contribution in [0.2, 0.25) is 0 Å². The van der Waals surface area contributed by atoms with Gasteiger partial charge in [0.25, 0.3) is 0 Å². The lowest BCUT2D eigenvalue weighted by molar-refractivity contribution is -0.116. The normalized spacial score (nSPS) is 11.1. The quantitative estimate of drug-likeness (QED) is 0.539. The number of allylic oxidation sites excluding steroid dienone is 1. The van der Waals surface area contributed by atoms with E-state index in [2.05, 4.69) is 19.2 Å². The number of hydrogen-bond acceptors (Lipinski definition) is 3. The lowest BCUT2D eigenvalue weighted by atomic mass is 10.1. The van der Waals surface area contributed by atoms with Gasteiger partial charge >= 0.3 is 0 Å². The third-order valence-electron chi connectivity index (χ3n) is 3.38. The Balaban J connectivity index is 2.28. The summed E-state index contributed by atoms with van der Waals surface area (Å²) in [7, 11) is 1.50. The molecule has 0 saturated heterocycles. The molecule has 0 heterocycles. The summed E-state index contributed by atoms with van der Waals surface area (Å²) >= 11 is 0. The highest BCUT2D eigenvalue weighted by atomic mass is 16.5. The maximum absolute atomic E-state index is 11.7. The number of rotatable bonds is 9. The number of phenols is 1. The lowest BCUT2D eigenvalue weighted by Gasteiger charge is -2.07. The van der Waals surface area contributed by atoms with Crippen molar-refractivity contribution in [2.45, 2.75) is 46.1 Å². The second-order valence-corrected chi connectivity index (χ2v) is 5.80. The summed E-state index contributed by atoms with van der Waals surface area (Å²) in [5, 5.41) is 12.3. The largest absolute Gasteiger partial charge is 0.504 e. The van der Waals surface area contributed by atoms with E-state index in [4.69, 9.17) is 4.74 Å².